The number of anilines is 1. The van der Waals surface area contributed by atoms with Crippen molar-refractivity contribution in [1.29, 1.82) is 0 Å². The van der Waals surface area contributed by atoms with Crippen molar-refractivity contribution in [2.75, 3.05) is 5.32 Å². The second-order valence-corrected chi connectivity index (χ2v) is 4.77. The number of alkyl halides is 1. The predicted molar refractivity (Wildman–Crippen MR) is 60.2 cm³/mol. The maximum atomic E-state index is 13.4. The number of nitrogens with zero attached hydrogens (tertiary/aromatic N) is 2. The summed E-state index contributed by atoms with van der Waals surface area (Å²) >= 11 is 0. The summed E-state index contributed by atoms with van der Waals surface area (Å²) in [7, 11) is 0. The number of aromatic nitrogens is 2. The summed E-state index contributed by atoms with van der Waals surface area (Å²) < 4.78 is 13.4. The molecule has 0 radical (unpaired) electrons. The lowest BCUT2D eigenvalue weighted by Gasteiger charge is -2.15. The lowest BCUT2D eigenvalue weighted by molar-refractivity contribution is 0.323. The van der Waals surface area contributed by atoms with Gasteiger partial charge in [0.05, 0.1) is 6.04 Å². The summed E-state index contributed by atoms with van der Waals surface area (Å²) in [6.07, 6.45) is 5.99. The minimum Gasteiger partial charge on any atom is -0.364 e. The molecule has 86 valence electrons. The second kappa shape index (κ2) is 4.00. The fourth-order valence-corrected chi connectivity index (χ4v) is 2.26. The number of rotatable bonds is 3. The van der Waals surface area contributed by atoms with E-state index in [1.165, 1.54) is 12.8 Å². The lowest BCUT2D eigenvalue weighted by Crippen LogP contribution is -2.25. The van der Waals surface area contributed by atoms with E-state index in [0.717, 1.165) is 24.5 Å². The van der Waals surface area contributed by atoms with E-state index in [0.29, 0.717) is 12.3 Å². The van der Waals surface area contributed by atoms with Gasteiger partial charge in [0.1, 0.15) is 17.8 Å². The van der Waals surface area contributed by atoms with Gasteiger partial charge in [0.2, 0.25) is 0 Å². The zero-order chi connectivity index (χ0) is 11.0. The van der Waals surface area contributed by atoms with Crippen LogP contribution in [0.2, 0.25) is 0 Å². The molecule has 16 heavy (non-hydrogen) atoms. The molecule has 0 spiro atoms. The minimum atomic E-state index is -0.723. The topological polar surface area (TPSA) is 37.8 Å². The van der Waals surface area contributed by atoms with Gasteiger partial charge in [-0.2, -0.15) is 0 Å². The maximum absolute atomic E-state index is 13.4. The number of hydrogen-bond acceptors (Lipinski definition) is 3. The largest absolute Gasteiger partial charge is 0.364 e. The zero-order valence-electron chi connectivity index (χ0n) is 9.19. The van der Waals surface area contributed by atoms with Crippen LogP contribution < -0.4 is 5.32 Å². The molecule has 0 bridgehead atoms. The molecule has 0 aromatic carbocycles. The van der Waals surface area contributed by atoms with Gasteiger partial charge in [0.15, 0.2) is 0 Å². The summed E-state index contributed by atoms with van der Waals surface area (Å²) in [5.41, 5.74) is 0. The number of nitrogens with one attached hydrogen (secondary N) is 1. The van der Waals surface area contributed by atoms with Gasteiger partial charge in [0.25, 0.3) is 0 Å². The van der Waals surface area contributed by atoms with Crippen molar-refractivity contribution in [2.45, 2.75) is 50.2 Å². The van der Waals surface area contributed by atoms with Gasteiger partial charge >= 0.3 is 0 Å². The average Bonchev–Trinajstić information content (AvgIpc) is 3.06. The van der Waals surface area contributed by atoms with Gasteiger partial charge in [-0.3, -0.25) is 0 Å². The maximum Gasteiger partial charge on any atom is 0.133 e. The van der Waals surface area contributed by atoms with E-state index in [9.17, 15) is 4.39 Å². The van der Waals surface area contributed by atoms with E-state index >= 15 is 0 Å². The van der Waals surface area contributed by atoms with Crippen molar-refractivity contribution in [3.63, 3.8) is 0 Å². The third-order valence-corrected chi connectivity index (χ3v) is 3.38. The molecule has 2 aliphatic rings. The molecule has 2 unspecified atom stereocenters. The fourth-order valence-electron chi connectivity index (χ4n) is 2.26. The van der Waals surface area contributed by atoms with E-state index in [2.05, 4.69) is 15.3 Å². The van der Waals surface area contributed by atoms with Crippen molar-refractivity contribution in [1.82, 2.24) is 9.97 Å². The van der Waals surface area contributed by atoms with E-state index in [1.807, 2.05) is 6.07 Å². The molecule has 3 nitrogen and oxygen atoms in total. The van der Waals surface area contributed by atoms with Crippen LogP contribution in [0.15, 0.2) is 12.3 Å². The molecule has 0 amide bonds. The Kier molecular flexibility index (Phi) is 2.50. The predicted octanol–water partition coefficient (Wildman–Crippen LogP) is 2.66. The smallest absolute Gasteiger partial charge is 0.133 e. The molecular weight excluding hydrogens is 205 g/mol. The monoisotopic (exact) mass is 221 g/mol. The van der Waals surface area contributed by atoms with Crippen LogP contribution in [0.5, 0.6) is 0 Å². The Morgan fingerprint density at radius 2 is 2.12 bits per heavy atom. The molecule has 1 heterocycles. The Labute approximate surface area is 94.5 Å². The van der Waals surface area contributed by atoms with Crippen LogP contribution >= 0.6 is 0 Å². The molecule has 1 aromatic rings. The third-order valence-electron chi connectivity index (χ3n) is 3.38. The van der Waals surface area contributed by atoms with Crippen LogP contribution in [0.1, 0.15) is 43.8 Å². The summed E-state index contributed by atoms with van der Waals surface area (Å²) in [5.74, 6) is 2.25. The molecule has 1 N–H and O–H groups in total. The van der Waals surface area contributed by atoms with E-state index < -0.39 is 6.17 Å². The Bertz CT molecular complexity index is 378. The van der Waals surface area contributed by atoms with Gasteiger partial charge in [0, 0.05) is 12.1 Å². The normalized spacial score (nSPS) is 29.3. The SMILES string of the molecule is FC1CCCC1Nc1ccnc(C2CC2)n1. The first-order chi connectivity index (χ1) is 7.83. The van der Waals surface area contributed by atoms with E-state index in [1.54, 1.807) is 6.20 Å². The first kappa shape index (κ1) is 10.00. The van der Waals surface area contributed by atoms with Gasteiger partial charge in [-0.1, -0.05) is 0 Å². The van der Waals surface area contributed by atoms with Crippen molar-refractivity contribution < 1.29 is 4.39 Å². The molecule has 4 heteroatoms. The standard InChI is InChI=1S/C12H16FN3/c13-9-2-1-3-10(9)15-11-6-7-14-12(16-11)8-4-5-8/h6-10H,1-5H2,(H,14,15,16). The molecule has 2 aliphatic carbocycles. The Morgan fingerprint density at radius 1 is 1.25 bits per heavy atom. The minimum absolute atomic E-state index is 0.0537. The Hall–Kier alpha value is -1.19. The van der Waals surface area contributed by atoms with E-state index in [4.69, 9.17) is 0 Å². The van der Waals surface area contributed by atoms with Crippen LogP contribution in [0, 0.1) is 0 Å². The van der Waals surface area contributed by atoms with Crippen molar-refractivity contribution >= 4 is 5.82 Å². The highest BCUT2D eigenvalue weighted by molar-refractivity contribution is 5.36. The summed E-state index contributed by atoms with van der Waals surface area (Å²) in [5, 5.41) is 3.19. The average molecular weight is 221 g/mol. The summed E-state index contributed by atoms with van der Waals surface area (Å²) in [6.45, 7) is 0. The quantitative estimate of drug-likeness (QED) is 0.852. The van der Waals surface area contributed by atoms with Crippen LogP contribution in [0.3, 0.4) is 0 Å². The van der Waals surface area contributed by atoms with Crippen molar-refractivity contribution in [3.8, 4) is 0 Å². The lowest BCUT2D eigenvalue weighted by atomic mass is 10.2. The summed E-state index contributed by atoms with van der Waals surface area (Å²) in [6, 6.07) is 1.78. The number of hydrogen-bond donors (Lipinski definition) is 1. The number of halogens is 1. The molecule has 2 fully saturated rings. The Balaban J connectivity index is 1.71. The molecule has 1 aromatic heterocycles. The highest BCUT2D eigenvalue weighted by atomic mass is 19.1. The highest BCUT2D eigenvalue weighted by Crippen LogP contribution is 2.38. The van der Waals surface area contributed by atoms with Crippen LogP contribution in [-0.4, -0.2) is 22.2 Å². The van der Waals surface area contributed by atoms with Gasteiger partial charge < -0.3 is 5.32 Å². The molecule has 0 saturated heterocycles. The van der Waals surface area contributed by atoms with Gasteiger partial charge in [-0.15, -0.1) is 0 Å². The van der Waals surface area contributed by atoms with Crippen LogP contribution in [0.25, 0.3) is 0 Å². The molecule has 2 atom stereocenters. The summed E-state index contributed by atoms with van der Waals surface area (Å²) in [4.78, 5) is 8.69. The fraction of sp³-hybridized carbons (Fsp3) is 0.667. The first-order valence-corrected chi connectivity index (χ1v) is 6.06. The molecule has 3 rings (SSSR count). The first-order valence-electron chi connectivity index (χ1n) is 6.06. The van der Waals surface area contributed by atoms with Gasteiger partial charge in [-0.25, -0.2) is 14.4 Å². The molecule has 2 saturated carbocycles. The van der Waals surface area contributed by atoms with E-state index in [-0.39, 0.29) is 6.04 Å². The Morgan fingerprint density at radius 3 is 2.81 bits per heavy atom. The highest BCUT2D eigenvalue weighted by Gasteiger charge is 2.29. The van der Waals surface area contributed by atoms with Crippen LogP contribution in [0.4, 0.5) is 10.2 Å². The zero-order valence-corrected chi connectivity index (χ0v) is 9.19. The molecular formula is C12H16FN3. The van der Waals surface area contributed by atoms with Crippen molar-refractivity contribution in [3.05, 3.63) is 18.1 Å². The van der Waals surface area contributed by atoms with Crippen molar-refractivity contribution in [2.24, 2.45) is 0 Å². The third kappa shape index (κ3) is 2.01. The van der Waals surface area contributed by atoms with Crippen LogP contribution in [-0.2, 0) is 0 Å². The van der Waals surface area contributed by atoms with Gasteiger partial charge in [-0.05, 0) is 38.2 Å². The second-order valence-electron chi connectivity index (χ2n) is 4.77. The molecule has 0 aliphatic heterocycles.